The van der Waals surface area contributed by atoms with Crippen molar-refractivity contribution in [3.05, 3.63) is 59.5 Å². The van der Waals surface area contributed by atoms with Crippen LogP contribution in [0.2, 0.25) is 0 Å². The molecule has 2 fully saturated rings. The predicted octanol–water partition coefficient (Wildman–Crippen LogP) is 4.41. The van der Waals surface area contributed by atoms with Gasteiger partial charge >= 0.3 is 6.18 Å². The zero-order chi connectivity index (χ0) is 22.5. The molecule has 168 valence electrons. The molecule has 0 bridgehead atoms. The zero-order valence-corrected chi connectivity index (χ0v) is 17.5. The van der Waals surface area contributed by atoms with Gasteiger partial charge in [-0.15, -0.1) is 10.2 Å². The molecule has 0 spiro atoms. The van der Waals surface area contributed by atoms with Gasteiger partial charge in [-0.25, -0.2) is 0 Å². The number of pyridine rings is 1. The molecule has 3 aromatic rings. The van der Waals surface area contributed by atoms with Crippen molar-refractivity contribution in [3.8, 4) is 5.75 Å². The number of rotatable bonds is 4. The molecule has 1 aromatic carbocycles. The van der Waals surface area contributed by atoms with Gasteiger partial charge in [0.15, 0.2) is 5.65 Å². The summed E-state index contributed by atoms with van der Waals surface area (Å²) in [5, 5.41) is 8.15. The average molecular weight is 444 g/mol. The van der Waals surface area contributed by atoms with Crippen molar-refractivity contribution in [3.63, 3.8) is 0 Å². The van der Waals surface area contributed by atoms with Gasteiger partial charge < -0.3 is 9.64 Å². The maximum absolute atomic E-state index is 13.4. The number of hydrogen-bond acceptors (Lipinski definition) is 4. The number of likely N-dealkylation sites (tertiary alicyclic amines) is 1. The molecule has 0 radical (unpaired) electrons. The van der Waals surface area contributed by atoms with Crippen LogP contribution < -0.4 is 4.74 Å². The maximum Gasteiger partial charge on any atom is 0.416 e. The van der Waals surface area contributed by atoms with Crippen molar-refractivity contribution in [2.45, 2.75) is 31.9 Å². The number of fused-ring (bicyclic) bond motifs is 2. The number of aromatic nitrogens is 3. The van der Waals surface area contributed by atoms with E-state index in [1.807, 2.05) is 6.92 Å². The molecule has 1 saturated heterocycles. The fraction of sp³-hybridized carbons (Fsp3) is 0.435. The van der Waals surface area contributed by atoms with Crippen molar-refractivity contribution in [1.29, 1.82) is 0 Å². The minimum Gasteiger partial charge on any atom is -0.492 e. The number of amides is 1. The van der Waals surface area contributed by atoms with Crippen LogP contribution in [-0.2, 0) is 6.18 Å². The Hall–Kier alpha value is -3.10. The maximum atomic E-state index is 13.4. The van der Waals surface area contributed by atoms with Gasteiger partial charge in [0, 0.05) is 13.1 Å². The van der Waals surface area contributed by atoms with Crippen LogP contribution in [-0.4, -0.2) is 45.1 Å². The van der Waals surface area contributed by atoms with Gasteiger partial charge in [-0.2, -0.15) is 13.2 Å². The van der Waals surface area contributed by atoms with E-state index in [1.165, 1.54) is 6.07 Å². The molecule has 3 heterocycles. The predicted molar refractivity (Wildman–Crippen MR) is 110 cm³/mol. The summed E-state index contributed by atoms with van der Waals surface area (Å²) in [6, 6.07) is 9.38. The normalized spacial score (nSPS) is 23.0. The summed E-state index contributed by atoms with van der Waals surface area (Å²) in [5.74, 6) is 0.862. The van der Waals surface area contributed by atoms with Crippen molar-refractivity contribution < 1.29 is 22.7 Å². The highest BCUT2D eigenvalue weighted by Crippen LogP contribution is 2.49. The van der Waals surface area contributed by atoms with E-state index in [9.17, 15) is 18.0 Å². The topological polar surface area (TPSA) is 59.7 Å². The number of hydrogen-bond donors (Lipinski definition) is 0. The summed E-state index contributed by atoms with van der Waals surface area (Å²) >= 11 is 0. The summed E-state index contributed by atoms with van der Waals surface area (Å²) in [6.07, 6.45) is -1.36. The Morgan fingerprint density at radius 1 is 1.09 bits per heavy atom. The van der Waals surface area contributed by atoms with Crippen molar-refractivity contribution in [2.24, 2.45) is 11.8 Å². The molecule has 1 aliphatic heterocycles. The minimum atomic E-state index is -4.36. The third-order valence-electron chi connectivity index (χ3n) is 6.62. The number of benzene rings is 1. The van der Waals surface area contributed by atoms with E-state index in [4.69, 9.17) is 4.74 Å². The first-order valence-electron chi connectivity index (χ1n) is 10.8. The lowest BCUT2D eigenvalue weighted by Crippen LogP contribution is -2.31. The number of ether oxygens (including phenoxy) is 1. The molecule has 32 heavy (non-hydrogen) atoms. The Balaban J connectivity index is 1.32. The third kappa shape index (κ3) is 3.59. The van der Waals surface area contributed by atoms with Crippen LogP contribution in [0.3, 0.4) is 0 Å². The zero-order valence-electron chi connectivity index (χ0n) is 17.5. The van der Waals surface area contributed by atoms with E-state index in [1.54, 1.807) is 39.8 Å². The first-order valence-corrected chi connectivity index (χ1v) is 10.8. The molecule has 5 rings (SSSR count). The first kappa shape index (κ1) is 20.8. The van der Waals surface area contributed by atoms with Crippen LogP contribution in [0.5, 0.6) is 5.75 Å². The summed E-state index contributed by atoms with van der Waals surface area (Å²) in [6.45, 7) is 3.43. The summed E-state index contributed by atoms with van der Waals surface area (Å²) in [7, 11) is 0. The molecule has 1 aliphatic carbocycles. The van der Waals surface area contributed by atoms with Crippen LogP contribution in [0.1, 0.15) is 47.4 Å². The second-order valence-electron chi connectivity index (χ2n) is 8.53. The Kier molecular flexibility index (Phi) is 5.06. The molecular formula is C23H23F3N4O2. The Morgan fingerprint density at radius 2 is 1.81 bits per heavy atom. The Bertz CT molecular complexity index is 1150. The van der Waals surface area contributed by atoms with Crippen molar-refractivity contribution in [1.82, 2.24) is 19.5 Å². The largest absolute Gasteiger partial charge is 0.492 e. The highest BCUT2D eigenvalue weighted by Gasteiger charge is 2.45. The van der Waals surface area contributed by atoms with E-state index in [0.717, 1.165) is 6.07 Å². The molecule has 6 nitrogen and oxygen atoms in total. The summed E-state index contributed by atoms with van der Waals surface area (Å²) in [4.78, 5) is 14.9. The van der Waals surface area contributed by atoms with Gasteiger partial charge in [0.05, 0.1) is 18.4 Å². The second-order valence-corrected chi connectivity index (χ2v) is 8.53. The van der Waals surface area contributed by atoms with E-state index in [2.05, 4.69) is 10.2 Å². The molecule has 1 saturated carbocycles. The number of halogens is 3. The molecule has 9 heteroatoms. The standard InChI is InChI=1S/C23H23F3N4O2/c1-2-32-17-7-8-20-27-28-21(30(20)13-17)22(31)29-11-15-9-14(10-16(15)12-29)18-5-3-4-6-19(18)23(24,25)26/h3-8,13-16H,2,9-12H2,1H3/t14?,15-,16+. The highest BCUT2D eigenvalue weighted by molar-refractivity contribution is 5.91. The molecule has 0 N–H and O–H groups in total. The van der Waals surface area contributed by atoms with Gasteiger partial charge in [-0.1, -0.05) is 18.2 Å². The SMILES string of the molecule is CCOc1ccc2nnc(C(=O)N3C[C@H]4CC(c5ccccc5C(F)(F)F)C[C@H]4C3)n2c1. The lowest BCUT2D eigenvalue weighted by atomic mass is 9.91. The quantitative estimate of drug-likeness (QED) is 0.598. The summed E-state index contributed by atoms with van der Waals surface area (Å²) in [5.41, 5.74) is 0.386. The lowest BCUT2D eigenvalue weighted by Gasteiger charge is -2.21. The summed E-state index contributed by atoms with van der Waals surface area (Å²) < 4.78 is 47.5. The number of nitrogens with zero attached hydrogens (tertiary/aromatic N) is 4. The van der Waals surface area contributed by atoms with Gasteiger partial charge in [0.1, 0.15) is 5.75 Å². The van der Waals surface area contributed by atoms with Gasteiger partial charge in [-0.05, 0) is 61.3 Å². The van der Waals surface area contributed by atoms with Crippen LogP contribution in [0.15, 0.2) is 42.6 Å². The van der Waals surface area contributed by atoms with Crippen LogP contribution >= 0.6 is 0 Å². The van der Waals surface area contributed by atoms with E-state index < -0.39 is 11.7 Å². The lowest BCUT2D eigenvalue weighted by molar-refractivity contribution is -0.138. The van der Waals surface area contributed by atoms with Crippen LogP contribution in [0.4, 0.5) is 13.2 Å². The molecular weight excluding hydrogens is 421 g/mol. The Labute approximate surface area is 183 Å². The van der Waals surface area contributed by atoms with E-state index >= 15 is 0 Å². The molecule has 3 atom stereocenters. The van der Waals surface area contributed by atoms with Crippen LogP contribution in [0.25, 0.3) is 5.65 Å². The van der Waals surface area contributed by atoms with Gasteiger partial charge in [0.2, 0.25) is 5.82 Å². The van der Waals surface area contributed by atoms with Gasteiger partial charge in [-0.3, -0.25) is 9.20 Å². The smallest absolute Gasteiger partial charge is 0.416 e. The molecule has 2 aromatic heterocycles. The molecule has 2 aliphatic rings. The fourth-order valence-corrected chi connectivity index (χ4v) is 5.24. The first-order chi connectivity index (χ1) is 15.3. The number of carbonyl (C=O) groups is 1. The fourth-order valence-electron chi connectivity index (χ4n) is 5.24. The minimum absolute atomic E-state index is 0.136. The monoisotopic (exact) mass is 444 g/mol. The second kappa shape index (κ2) is 7.79. The number of carbonyl (C=O) groups excluding carboxylic acids is 1. The highest BCUT2D eigenvalue weighted by atomic mass is 19.4. The Morgan fingerprint density at radius 3 is 2.50 bits per heavy atom. The van der Waals surface area contributed by atoms with Crippen molar-refractivity contribution in [2.75, 3.05) is 19.7 Å². The van der Waals surface area contributed by atoms with Crippen molar-refractivity contribution >= 4 is 11.6 Å². The van der Waals surface area contributed by atoms with E-state index in [0.29, 0.717) is 49.5 Å². The van der Waals surface area contributed by atoms with Gasteiger partial charge in [0.25, 0.3) is 5.91 Å². The van der Waals surface area contributed by atoms with Crippen LogP contribution in [0, 0.1) is 11.8 Å². The number of alkyl halides is 3. The molecule has 1 amide bonds. The third-order valence-corrected chi connectivity index (χ3v) is 6.62. The van der Waals surface area contributed by atoms with E-state index in [-0.39, 0.29) is 29.5 Å². The average Bonchev–Trinajstić information content (AvgIpc) is 3.46. The molecule has 1 unspecified atom stereocenters.